The largest absolute Gasteiger partial charge is 0.0842 e. The molecule has 4 rings (SSSR count). The number of hydrogen-bond donors (Lipinski definition) is 0. The van der Waals surface area contributed by atoms with Crippen molar-refractivity contribution in [2.45, 2.75) is 30.5 Å². The zero-order chi connectivity index (χ0) is 16.2. The van der Waals surface area contributed by atoms with Crippen molar-refractivity contribution in [1.29, 1.82) is 0 Å². The van der Waals surface area contributed by atoms with E-state index in [4.69, 9.17) is 0 Å². The number of fused-ring (bicyclic) bond motifs is 2. The summed E-state index contributed by atoms with van der Waals surface area (Å²) in [7, 11) is 0. The summed E-state index contributed by atoms with van der Waals surface area (Å²) in [6.07, 6.45) is 5.63. The average molecular weight is 430 g/mol. The molecule has 0 nitrogen and oxygen atoms in total. The summed E-state index contributed by atoms with van der Waals surface area (Å²) >= 11 is 7.46. The van der Waals surface area contributed by atoms with Crippen LogP contribution < -0.4 is 0 Å². The molecule has 0 aliphatic heterocycles. The predicted molar refractivity (Wildman–Crippen MR) is 105 cm³/mol. The molecule has 116 valence electrons. The lowest BCUT2D eigenvalue weighted by Gasteiger charge is -2.32. The molecule has 2 aliphatic rings. The van der Waals surface area contributed by atoms with E-state index in [0.29, 0.717) is 4.83 Å². The van der Waals surface area contributed by atoms with Crippen LogP contribution in [0.1, 0.15) is 35.6 Å². The van der Waals surface area contributed by atoms with Gasteiger partial charge in [0.25, 0.3) is 0 Å². The molecule has 2 unspecified atom stereocenters. The number of rotatable bonds is 1. The van der Waals surface area contributed by atoms with E-state index in [0.717, 1.165) is 10.9 Å². The molecule has 2 aliphatic carbocycles. The fraction of sp³-hybridized carbons (Fsp3) is 0.238. The molecule has 0 heterocycles. The summed E-state index contributed by atoms with van der Waals surface area (Å²) in [5.41, 5.74) is 8.37. The third-order valence-corrected chi connectivity index (χ3v) is 6.33. The monoisotopic (exact) mass is 428 g/mol. The van der Waals surface area contributed by atoms with Crippen LogP contribution in [0, 0.1) is 6.92 Å². The van der Waals surface area contributed by atoms with Crippen molar-refractivity contribution in [2.24, 2.45) is 0 Å². The van der Waals surface area contributed by atoms with Gasteiger partial charge in [0.2, 0.25) is 0 Å². The second-order valence-corrected chi connectivity index (χ2v) is 8.75. The molecule has 2 aromatic carbocycles. The minimum atomic E-state index is -0.0583. The minimum absolute atomic E-state index is 0.0583. The Morgan fingerprint density at radius 3 is 2.74 bits per heavy atom. The smallest absolute Gasteiger partial charge is 0.0399 e. The van der Waals surface area contributed by atoms with Gasteiger partial charge in [-0.15, -0.1) is 0 Å². The van der Waals surface area contributed by atoms with E-state index in [1.165, 1.54) is 33.4 Å². The Balaban J connectivity index is 2.02. The topological polar surface area (TPSA) is 0 Å². The van der Waals surface area contributed by atoms with Gasteiger partial charge >= 0.3 is 0 Å². The van der Waals surface area contributed by atoms with Crippen LogP contribution in [0.25, 0.3) is 5.57 Å². The second-order valence-electron chi connectivity index (χ2n) is 6.66. The van der Waals surface area contributed by atoms with Crippen molar-refractivity contribution < 1.29 is 0 Å². The quantitative estimate of drug-likeness (QED) is 0.450. The Hall–Kier alpha value is -1.12. The first-order valence-corrected chi connectivity index (χ1v) is 9.64. The van der Waals surface area contributed by atoms with E-state index in [2.05, 4.69) is 100 Å². The first-order chi connectivity index (χ1) is 11.0. The second kappa shape index (κ2) is 5.46. The van der Waals surface area contributed by atoms with Crippen LogP contribution in [0.15, 0.2) is 64.7 Å². The Morgan fingerprint density at radius 2 is 1.96 bits per heavy atom. The normalized spacial score (nSPS) is 25.5. The van der Waals surface area contributed by atoms with Gasteiger partial charge < -0.3 is 0 Å². The number of benzene rings is 2. The van der Waals surface area contributed by atoms with E-state index >= 15 is 0 Å². The van der Waals surface area contributed by atoms with Crippen molar-refractivity contribution in [3.63, 3.8) is 0 Å². The zero-order valence-electron chi connectivity index (χ0n) is 13.2. The molecule has 0 spiro atoms. The predicted octanol–water partition coefficient (Wildman–Crippen LogP) is 6.55. The van der Waals surface area contributed by atoms with Crippen molar-refractivity contribution >= 4 is 37.4 Å². The Kier molecular flexibility index (Phi) is 3.66. The first kappa shape index (κ1) is 15.4. The summed E-state index contributed by atoms with van der Waals surface area (Å²) < 4.78 is 1.15. The van der Waals surface area contributed by atoms with Crippen LogP contribution in [0.2, 0.25) is 0 Å². The lowest BCUT2D eigenvalue weighted by atomic mass is 9.71. The van der Waals surface area contributed by atoms with Crippen LogP contribution >= 0.6 is 31.9 Å². The molecule has 23 heavy (non-hydrogen) atoms. The molecule has 0 radical (unpaired) electrons. The highest BCUT2D eigenvalue weighted by atomic mass is 79.9. The SMILES string of the molecule is Cc1cccc(C2(C)C3=C(C=CC(Br)C3)c3ccc(Br)cc32)c1. The highest BCUT2D eigenvalue weighted by Crippen LogP contribution is 2.54. The third kappa shape index (κ3) is 2.30. The van der Waals surface area contributed by atoms with Gasteiger partial charge in [-0.05, 0) is 60.2 Å². The highest BCUT2D eigenvalue weighted by Gasteiger charge is 2.43. The maximum absolute atomic E-state index is 3.79. The van der Waals surface area contributed by atoms with Gasteiger partial charge in [-0.2, -0.15) is 0 Å². The fourth-order valence-electron chi connectivity index (χ4n) is 4.01. The summed E-state index contributed by atoms with van der Waals surface area (Å²) in [5.74, 6) is 0. The van der Waals surface area contributed by atoms with Gasteiger partial charge in [-0.1, -0.05) is 79.9 Å². The van der Waals surface area contributed by atoms with Crippen molar-refractivity contribution in [3.05, 3.63) is 86.9 Å². The lowest BCUT2D eigenvalue weighted by molar-refractivity contribution is 0.655. The zero-order valence-corrected chi connectivity index (χ0v) is 16.4. The fourth-order valence-corrected chi connectivity index (χ4v) is 4.85. The minimum Gasteiger partial charge on any atom is -0.0842 e. The summed E-state index contributed by atoms with van der Waals surface area (Å²) in [5, 5.41) is 0. The van der Waals surface area contributed by atoms with Gasteiger partial charge in [0.15, 0.2) is 0 Å². The third-order valence-electron chi connectivity index (χ3n) is 5.21. The standard InChI is InChI=1S/C21H18Br2/c1-13-4-3-5-14(10-13)21(2)19-11-15(22)6-8-17(19)18-9-7-16(23)12-20(18)21/h3-11,16H,12H2,1-2H3. The molecular weight excluding hydrogens is 412 g/mol. The number of alkyl halides is 1. The van der Waals surface area contributed by atoms with Gasteiger partial charge in [-0.3, -0.25) is 0 Å². The molecule has 2 heteroatoms. The van der Waals surface area contributed by atoms with Gasteiger partial charge in [0.05, 0.1) is 0 Å². The average Bonchev–Trinajstić information content (AvgIpc) is 2.77. The Labute approximate surface area is 154 Å². The Bertz CT molecular complexity index is 860. The van der Waals surface area contributed by atoms with Crippen molar-refractivity contribution in [1.82, 2.24) is 0 Å². The lowest BCUT2D eigenvalue weighted by Crippen LogP contribution is -2.26. The molecule has 2 atom stereocenters. The van der Waals surface area contributed by atoms with Crippen LogP contribution in [0.3, 0.4) is 0 Å². The van der Waals surface area contributed by atoms with Gasteiger partial charge in [-0.25, -0.2) is 0 Å². The summed E-state index contributed by atoms with van der Waals surface area (Å²) in [4.78, 5) is 0.420. The molecule has 0 amide bonds. The van der Waals surface area contributed by atoms with Gasteiger partial charge in [0.1, 0.15) is 0 Å². The van der Waals surface area contributed by atoms with E-state index in [9.17, 15) is 0 Å². The first-order valence-electron chi connectivity index (χ1n) is 7.93. The Morgan fingerprint density at radius 1 is 1.13 bits per heavy atom. The maximum Gasteiger partial charge on any atom is 0.0399 e. The van der Waals surface area contributed by atoms with Crippen LogP contribution in [0.4, 0.5) is 0 Å². The van der Waals surface area contributed by atoms with Crippen molar-refractivity contribution in [2.75, 3.05) is 0 Å². The number of allylic oxidation sites excluding steroid dienone is 4. The molecule has 0 N–H and O–H groups in total. The molecule has 0 saturated heterocycles. The molecule has 0 saturated carbocycles. The van der Waals surface area contributed by atoms with E-state index in [-0.39, 0.29) is 5.41 Å². The number of halogens is 2. The van der Waals surface area contributed by atoms with E-state index in [1.807, 2.05) is 0 Å². The van der Waals surface area contributed by atoms with E-state index in [1.54, 1.807) is 0 Å². The highest BCUT2D eigenvalue weighted by molar-refractivity contribution is 9.10. The van der Waals surface area contributed by atoms with Crippen molar-refractivity contribution in [3.8, 4) is 0 Å². The number of aryl methyl sites for hydroxylation is 1. The van der Waals surface area contributed by atoms with Gasteiger partial charge in [0, 0.05) is 14.7 Å². The summed E-state index contributed by atoms with van der Waals surface area (Å²) in [6, 6.07) is 15.7. The molecule has 0 fully saturated rings. The van der Waals surface area contributed by atoms with Crippen LogP contribution in [-0.2, 0) is 5.41 Å². The summed E-state index contributed by atoms with van der Waals surface area (Å²) in [6.45, 7) is 4.56. The molecular formula is C21H18Br2. The molecule has 0 aromatic heterocycles. The number of hydrogen-bond acceptors (Lipinski definition) is 0. The maximum atomic E-state index is 3.79. The van der Waals surface area contributed by atoms with E-state index < -0.39 is 0 Å². The van der Waals surface area contributed by atoms with Crippen LogP contribution in [0.5, 0.6) is 0 Å². The molecule has 0 bridgehead atoms. The van der Waals surface area contributed by atoms with Crippen LogP contribution in [-0.4, -0.2) is 4.83 Å². The molecule has 2 aromatic rings.